The van der Waals surface area contributed by atoms with E-state index in [1.54, 1.807) is 0 Å². The van der Waals surface area contributed by atoms with E-state index in [0.29, 0.717) is 0 Å². The van der Waals surface area contributed by atoms with Crippen LogP contribution in [0.2, 0.25) is 0 Å². The average molecular weight is 234 g/mol. The van der Waals surface area contributed by atoms with Crippen molar-refractivity contribution in [2.45, 2.75) is 71.8 Å². The molecule has 96 valence electrons. The van der Waals surface area contributed by atoms with Crippen molar-refractivity contribution in [1.29, 1.82) is 0 Å². The molecule has 1 heteroatoms. The van der Waals surface area contributed by atoms with Crippen molar-refractivity contribution in [1.82, 2.24) is 0 Å². The molecule has 0 aliphatic rings. The Balaban J connectivity index is 2.09. The van der Waals surface area contributed by atoms with Crippen LogP contribution in [0.15, 0.2) is 24.5 Å². The van der Waals surface area contributed by atoms with Crippen molar-refractivity contribution in [3.63, 3.8) is 0 Å². The molecule has 0 saturated heterocycles. The van der Waals surface area contributed by atoms with Gasteiger partial charge in [0.05, 0.1) is 0 Å². The van der Waals surface area contributed by atoms with Crippen LogP contribution in [-0.4, -0.2) is 0 Å². The minimum absolute atomic E-state index is 1.07. The van der Waals surface area contributed by atoms with Crippen LogP contribution in [0.4, 0.5) is 0 Å². The molecule has 1 nitrogen and oxygen atoms in total. The molecule has 1 heterocycles. The molecule has 0 aromatic carbocycles. The van der Waals surface area contributed by atoms with Crippen LogP contribution < -0.4 is 4.57 Å². The normalized spacial score (nSPS) is 10.7. The van der Waals surface area contributed by atoms with Gasteiger partial charge in [0.2, 0.25) is 0 Å². The Bertz CT molecular complexity index is 293. The predicted octanol–water partition coefficient (Wildman–Crippen LogP) is 4.29. The quantitative estimate of drug-likeness (QED) is 0.443. The highest BCUT2D eigenvalue weighted by atomic mass is 14.9. The van der Waals surface area contributed by atoms with Crippen LogP contribution >= 0.6 is 0 Å². The zero-order valence-electron chi connectivity index (χ0n) is 11.6. The Hall–Kier alpha value is -0.850. The van der Waals surface area contributed by atoms with E-state index in [1.807, 2.05) is 0 Å². The standard InChI is InChI=1S/C16H28N/c1-3-5-6-7-8-9-10-12-16-13-11-14-17(4-2)15-16/h11,13-15H,3-10,12H2,1-2H3/q+1. The smallest absolute Gasteiger partial charge is 0.171 e. The summed E-state index contributed by atoms with van der Waals surface area (Å²) in [6.45, 7) is 5.54. The van der Waals surface area contributed by atoms with Gasteiger partial charge in [-0.25, -0.2) is 4.57 Å². The Morgan fingerprint density at radius 1 is 0.941 bits per heavy atom. The van der Waals surface area contributed by atoms with E-state index in [0.717, 1.165) is 6.54 Å². The first kappa shape index (κ1) is 14.2. The van der Waals surface area contributed by atoms with Crippen LogP contribution in [0.1, 0.15) is 64.4 Å². The molecule has 1 rings (SSSR count). The SMILES string of the molecule is CCCCCCCCCc1ccc[n+](CC)c1. The fourth-order valence-corrected chi connectivity index (χ4v) is 2.21. The molecule has 1 aromatic rings. The Morgan fingerprint density at radius 2 is 1.65 bits per heavy atom. The summed E-state index contributed by atoms with van der Waals surface area (Å²) < 4.78 is 2.26. The molecule has 0 bridgehead atoms. The van der Waals surface area contributed by atoms with Gasteiger partial charge >= 0.3 is 0 Å². The van der Waals surface area contributed by atoms with Crippen molar-refractivity contribution < 1.29 is 4.57 Å². The van der Waals surface area contributed by atoms with Gasteiger partial charge in [-0.15, -0.1) is 0 Å². The lowest BCUT2D eigenvalue weighted by molar-refractivity contribution is -0.694. The van der Waals surface area contributed by atoms with E-state index in [4.69, 9.17) is 0 Å². The second-order valence-corrected chi connectivity index (χ2v) is 4.91. The van der Waals surface area contributed by atoms with Gasteiger partial charge in [0, 0.05) is 11.6 Å². The fourth-order valence-electron chi connectivity index (χ4n) is 2.21. The summed E-state index contributed by atoms with van der Waals surface area (Å²) in [5.74, 6) is 0. The number of hydrogen-bond donors (Lipinski definition) is 0. The Morgan fingerprint density at radius 3 is 2.35 bits per heavy atom. The van der Waals surface area contributed by atoms with Gasteiger partial charge in [-0.1, -0.05) is 45.4 Å². The summed E-state index contributed by atoms with van der Waals surface area (Å²) >= 11 is 0. The van der Waals surface area contributed by atoms with Gasteiger partial charge in [0.15, 0.2) is 12.4 Å². The zero-order chi connectivity index (χ0) is 12.3. The topological polar surface area (TPSA) is 3.88 Å². The summed E-state index contributed by atoms with van der Waals surface area (Å²) in [4.78, 5) is 0. The summed E-state index contributed by atoms with van der Waals surface area (Å²) in [6, 6.07) is 4.42. The van der Waals surface area contributed by atoms with Crippen LogP contribution in [0.25, 0.3) is 0 Å². The highest BCUT2D eigenvalue weighted by Crippen LogP contribution is 2.09. The first-order valence-corrected chi connectivity index (χ1v) is 7.34. The van der Waals surface area contributed by atoms with Crippen LogP contribution in [-0.2, 0) is 13.0 Å². The first-order chi connectivity index (χ1) is 8.36. The molecule has 0 fully saturated rings. The predicted molar refractivity (Wildman–Crippen MR) is 74.0 cm³/mol. The van der Waals surface area contributed by atoms with Gasteiger partial charge in [-0.05, 0) is 25.8 Å². The molecule has 1 aromatic heterocycles. The van der Waals surface area contributed by atoms with E-state index >= 15 is 0 Å². The Labute approximate surface area is 107 Å². The number of rotatable bonds is 9. The largest absolute Gasteiger partial charge is 0.205 e. The van der Waals surface area contributed by atoms with E-state index in [2.05, 4.69) is 42.9 Å². The lowest BCUT2D eigenvalue weighted by Crippen LogP contribution is -2.31. The summed E-state index contributed by atoms with van der Waals surface area (Å²) in [6.07, 6.45) is 15.5. The first-order valence-electron chi connectivity index (χ1n) is 7.34. The maximum Gasteiger partial charge on any atom is 0.171 e. The van der Waals surface area contributed by atoms with Gasteiger partial charge < -0.3 is 0 Å². The monoisotopic (exact) mass is 234 g/mol. The molecular weight excluding hydrogens is 206 g/mol. The van der Waals surface area contributed by atoms with E-state index in [1.165, 1.54) is 56.9 Å². The third-order valence-electron chi connectivity index (χ3n) is 3.35. The molecule has 0 unspecified atom stereocenters. The van der Waals surface area contributed by atoms with Gasteiger partial charge in [-0.2, -0.15) is 0 Å². The minimum Gasteiger partial charge on any atom is -0.205 e. The maximum atomic E-state index is 2.29. The van der Waals surface area contributed by atoms with Crippen molar-refractivity contribution in [3.05, 3.63) is 30.1 Å². The molecule has 17 heavy (non-hydrogen) atoms. The fraction of sp³-hybridized carbons (Fsp3) is 0.688. The summed E-state index contributed by atoms with van der Waals surface area (Å²) in [7, 11) is 0. The second-order valence-electron chi connectivity index (χ2n) is 4.91. The van der Waals surface area contributed by atoms with Gasteiger partial charge in [-0.3, -0.25) is 0 Å². The number of pyridine rings is 1. The number of aromatic nitrogens is 1. The van der Waals surface area contributed by atoms with Crippen molar-refractivity contribution in [2.75, 3.05) is 0 Å². The van der Waals surface area contributed by atoms with Crippen LogP contribution in [0.5, 0.6) is 0 Å². The molecular formula is C16H28N+. The molecule has 0 atom stereocenters. The zero-order valence-corrected chi connectivity index (χ0v) is 11.6. The summed E-state index contributed by atoms with van der Waals surface area (Å²) in [5.41, 5.74) is 1.49. The van der Waals surface area contributed by atoms with Crippen molar-refractivity contribution in [3.8, 4) is 0 Å². The third kappa shape index (κ3) is 6.45. The minimum atomic E-state index is 1.07. The Kier molecular flexibility index (Phi) is 7.70. The van der Waals surface area contributed by atoms with Crippen molar-refractivity contribution >= 4 is 0 Å². The average Bonchev–Trinajstić information content (AvgIpc) is 2.38. The molecule has 0 spiro atoms. The lowest BCUT2D eigenvalue weighted by atomic mass is 10.1. The van der Waals surface area contributed by atoms with E-state index in [9.17, 15) is 0 Å². The molecule has 0 N–H and O–H groups in total. The van der Waals surface area contributed by atoms with Gasteiger partial charge in [0.1, 0.15) is 6.54 Å². The lowest BCUT2D eigenvalue weighted by Gasteiger charge is -2.01. The van der Waals surface area contributed by atoms with E-state index < -0.39 is 0 Å². The number of nitrogens with zero attached hydrogens (tertiary/aromatic N) is 1. The number of unbranched alkanes of at least 4 members (excludes halogenated alkanes) is 6. The van der Waals surface area contributed by atoms with E-state index in [-0.39, 0.29) is 0 Å². The molecule has 0 radical (unpaired) electrons. The maximum absolute atomic E-state index is 2.29. The molecule has 0 amide bonds. The molecule has 0 saturated carbocycles. The molecule has 0 aliphatic heterocycles. The third-order valence-corrected chi connectivity index (χ3v) is 3.35. The number of aryl methyl sites for hydroxylation is 2. The molecule has 0 aliphatic carbocycles. The number of hydrogen-bond acceptors (Lipinski definition) is 0. The summed E-state index contributed by atoms with van der Waals surface area (Å²) in [5, 5.41) is 0. The van der Waals surface area contributed by atoms with Crippen molar-refractivity contribution in [2.24, 2.45) is 0 Å². The second kappa shape index (κ2) is 9.21. The van der Waals surface area contributed by atoms with Crippen LogP contribution in [0.3, 0.4) is 0 Å². The van der Waals surface area contributed by atoms with Crippen LogP contribution in [0, 0.1) is 0 Å². The highest BCUT2D eigenvalue weighted by Gasteiger charge is 2.00. The highest BCUT2D eigenvalue weighted by molar-refractivity contribution is 5.05. The van der Waals surface area contributed by atoms with Gasteiger partial charge in [0.25, 0.3) is 0 Å².